The molecule has 2 N–H and O–H groups in total. The van der Waals surface area contributed by atoms with Gasteiger partial charge in [0.15, 0.2) is 0 Å². The lowest BCUT2D eigenvalue weighted by atomic mass is 9.86. The average molecular weight is 378 g/mol. The Labute approximate surface area is 165 Å². The molecule has 6 heteroatoms. The van der Waals surface area contributed by atoms with Crippen LogP contribution < -0.4 is 10.6 Å². The maximum absolute atomic E-state index is 12.0. The molecule has 2 heterocycles. The molecule has 0 atom stereocenters. The number of fused-ring (bicyclic) bond motifs is 1. The van der Waals surface area contributed by atoms with E-state index < -0.39 is 0 Å². The molecule has 0 bridgehead atoms. The minimum Gasteiger partial charge on any atom is -0.381 e. The number of amidine groups is 1. The monoisotopic (exact) mass is 378 g/mol. The summed E-state index contributed by atoms with van der Waals surface area (Å²) < 4.78 is 5.59. The van der Waals surface area contributed by atoms with Crippen LogP contribution in [-0.4, -0.2) is 49.5 Å². The Morgan fingerprint density at radius 3 is 2.43 bits per heavy atom. The van der Waals surface area contributed by atoms with Gasteiger partial charge in [0.2, 0.25) is 0 Å². The van der Waals surface area contributed by atoms with Crippen LogP contribution in [0.5, 0.6) is 0 Å². The van der Waals surface area contributed by atoms with Crippen molar-refractivity contribution in [1.82, 2.24) is 4.90 Å². The van der Waals surface area contributed by atoms with Gasteiger partial charge in [-0.1, -0.05) is 24.3 Å². The summed E-state index contributed by atoms with van der Waals surface area (Å²) in [5.74, 6) is 0.969. The molecule has 2 aliphatic rings. The normalized spacial score (nSPS) is 18.9. The molecule has 0 radical (unpaired) electrons. The summed E-state index contributed by atoms with van der Waals surface area (Å²) in [6.45, 7) is 2.00. The molecule has 1 saturated heterocycles. The van der Waals surface area contributed by atoms with Crippen molar-refractivity contribution in [2.75, 3.05) is 37.9 Å². The van der Waals surface area contributed by atoms with E-state index in [1.54, 1.807) is 19.0 Å². The van der Waals surface area contributed by atoms with E-state index in [0.717, 1.165) is 48.8 Å². The molecule has 6 nitrogen and oxygen atoms in total. The van der Waals surface area contributed by atoms with Gasteiger partial charge in [-0.15, -0.1) is 0 Å². The van der Waals surface area contributed by atoms with Crippen molar-refractivity contribution in [3.8, 4) is 0 Å². The fourth-order valence-corrected chi connectivity index (χ4v) is 3.72. The highest BCUT2D eigenvalue weighted by atomic mass is 16.5. The first-order valence-corrected chi connectivity index (χ1v) is 9.65. The van der Waals surface area contributed by atoms with Crippen LogP contribution in [0.25, 0.3) is 0 Å². The smallest absolute Gasteiger partial charge is 0.253 e. The molecule has 2 aromatic carbocycles. The number of para-hydroxylation sites is 2. The third-order valence-corrected chi connectivity index (χ3v) is 5.38. The minimum absolute atomic E-state index is 0.00813. The highest BCUT2D eigenvalue weighted by Gasteiger charge is 2.41. The maximum atomic E-state index is 12.0. The number of hydrogen-bond acceptors (Lipinski definition) is 4. The van der Waals surface area contributed by atoms with E-state index in [1.807, 2.05) is 36.4 Å². The first kappa shape index (κ1) is 18.5. The fraction of sp³-hybridized carbons (Fsp3) is 0.364. The number of nitrogens with zero attached hydrogens (tertiary/aromatic N) is 2. The summed E-state index contributed by atoms with van der Waals surface area (Å²) in [6.07, 6.45) is 1.76. The van der Waals surface area contributed by atoms with Gasteiger partial charge in [-0.3, -0.25) is 9.79 Å². The van der Waals surface area contributed by atoms with Crippen molar-refractivity contribution in [2.24, 2.45) is 4.99 Å². The van der Waals surface area contributed by atoms with Crippen molar-refractivity contribution in [3.63, 3.8) is 0 Å². The molecule has 28 heavy (non-hydrogen) atoms. The molecule has 0 unspecified atom stereocenters. The quantitative estimate of drug-likeness (QED) is 0.859. The number of benzene rings is 2. The topological polar surface area (TPSA) is 66.0 Å². The van der Waals surface area contributed by atoms with Crippen LogP contribution in [-0.2, 0) is 11.3 Å². The zero-order chi connectivity index (χ0) is 19.6. The Hall–Kier alpha value is -2.86. The van der Waals surface area contributed by atoms with E-state index in [-0.39, 0.29) is 11.4 Å². The zero-order valence-electron chi connectivity index (χ0n) is 16.4. The summed E-state index contributed by atoms with van der Waals surface area (Å²) in [6, 6.07) is 15.9. The molecular weight excluding hydrogens is 352 g/mol. The van der Waals surface area contributed by atoms with E-state index in [0.29, 0.717) is 12.1 Å². The number of aliphatic imine (C=N–C) groups is 1. The van der Waals surface area contributed by atoms with Crippen molar-refractivity contribution >= 4 is 23.1 Å². The molecule has 2 aliphatic heterocycles. The molecular formula is C22H26N4O2. The van der Waals surface area contributed by atoms with E-state index in [2.05, 4.69) is 22.8 Å². The van der Waals surface area contributed by atoms with E-state index in [9.17, 15) is 4.79 Å². The van der Waals surface area contributed by atoms with E-state index >= 15 is 0 Å². The fourth-order valence-electron chi connectivity index (χ4n) is 3.72. The lowest BCUT2D eigenvalue weighted by Crippen LogP contribution is -2.55. The van der Waals surface area contributed by atoms with Gasteiger partial charge in [0.25, 0.3) is 5.91 Å². The van der Waals surface area contributed by atoms with Crippen LogP contribution in [0.3, 0.4) is 0 Å². The Bertz CT molecular complexity index is 884. The predicted molar refractivity (Wildman–Crippen MR) is 112 cm³/mol. The standard InChI is InChI=1S/C22H26N4O2/c1-26(2)20(27)17-9-7-16(8-10-17)15-23-21-22(11-13-28-14-12-22)25-19-6-4-3-5-18(19)24-21/h3-10,25H,11-15H2,1-2H3,(H,23,24). The third-order valence-electron chi connectivity index (χ3n) is 5.38. The van der Waals surface area contributed by atoms with Gasteiger partial charge in [-0.05, 0) is 29.8 Å². The van der Waals surface area contributed by atoms with E-state index in [1.165, 1.54) is 0 Å². The molecule has 4 rings (SSSR count). The summed E-state index contributed by atoms with van der Waals surface area (Å²) >= 11 is 0. The molecule has 0 saturated carbocycles. The molecule has 1 fully saturated rings. The maximum Gasteiger partial charge on any atom is 0.253 e. The molecule has 1 spiro atoms. The highest BCUT2D eigenvalue weighted by molar-refractivity contribution is 6.09. The molecule has 146 valence electrons. The average Bonchev–Trinajstić information content (AvgIpc) is 2.72. The Kier molecular flexibility index (Phi) is 5.05. The van der Waals surface area contributed by atoms with Gasteiger partial charge >= 0.3 is 0 Å². The van der Waals surface area contributed by atoms with Crippen LogP contribution >= 0.6 is 0 Å². The van der Waals surface area contributed by atoms with E-state index in [4.69, 9.17) is 9.73 Å². The van der Waals surface area contributed by atoms with Crippen molar-refractivity contribution < 1.29 is 9.53 Å². The number of carbonyl (C=O) groups excluding carboxylic acids is 1. The minimum atomic E-state index is -0.215. The molecule has 0 aliphatic carbocycles. The molecule has 1 amide bonds. The summed E-state index contributed by atoms with van der Waals surface area (Å²) in [4.78, 5) is 18.6. The molecule has 2 aromatic rings. The Morgan fingerprint density at radius 2 is 1.75 bits per heavy atom. The number of amides is 1. The van der Waals surface area contributed by atoms with Gasteiger partial charge in [0.05, 0.1) is 23.5 Å². The second-order valence-electron chi connectivity index (χ2n) is 7.55. The van der Waals surface area contributed by atoms with Crippen LogP contribution in [0.15, 0.2) is 53.5 Å². The number of carbonyl (C=O) groups is 1. The lowest BCUT2D eigenvalue weighted by molar-refractivity contribution is 0.0778. The summed E-state index contributed by atoms with van der Waals surface area (Å²) in [5.41, 5.74) is 3.70. The SMILES string of the molecule is CN(C)C(=O)c1ccc(CN=C2Nc3ccccc3NC23CCOCC3)cc1. The van der Waals surface area contributed by atoms with Crippen LogP contribution in [0.1, 0.15) is 28.8 Å². The van der Waals surface area contributed by atoms with Crippen LogP contribution in [0.4, 0.5) is 11.4 Å². The van der Waals surface area contributed by atoms with Gasteiger partial charge in [0.1, 0.15) is 5.84 Å². The largest absolute Gasteiger partial charge is 0.381 e. The number of anilines is 2. The second kappa shape index (κ2) is 7.64. The second-order valence-corrected chi connectivity index (χ2v) is 7.55. The van der Waals surface area contributed by atoms with Gasteiger partial charge < -0.3 is 20.3 Å². The Balaban J connectivity index is 1.57. The number of hydrogen-bond donors (Lipinski definition) is 2. The molecule has 0 aromatic heterocycles. The predicted octanol–water partition coefficient (Wildman–Crippen LogP) is 3.37. The zero-order valence-corrected chi connectivity index (χ0v) is 16.4. The first-order chi connectivity index (χ1) is 13.6. The van der Waals surface area contributed by atoms with Gasteiger partial charge in [-0.2, -0.15) is 0 Å². The summed E-state index contributed by atoms with van der Waals surface area (Å²) in [7, 11) is 3.52. The third kappa shape index (κ3) is 3.60. The first-order valence-electron chi connectivity index (χ1n) is 9.65. The number of nitrogens with one attached hydrogen (secondary N) is 2. The van der Waals surface area contributed by atoms with Crippen LogP contribution in [0, 0.1) is 0 Å². The van der Waals surface area contributed by atoms with Crippen molar-refractivity contribution in [3.05, 3.63) is 59.7 Å². The van der Waals surface area contributed by atoms with Gasteiger partial charge in [0, 0.05) is 45.7 Å². The van der Waals surface area contributed by atoms with Crippen LogP contribution in [0.2, 0.25) is 0 Å². The number of rotatable bonds is 3. The van der Waals surface area contributed by atoms with Crippen molar-refractivity contribution in [2.45, 2.75) is 24.9 Å². The lowest BCUT2D eigenvalue weighted by Gasteiger charge is -2.43. The van der Waals surface area contributed by atoms with Crippen molar-refractivity contribution in [1.29, 1.82) is 0 Å². The Morgan fingerprint density at radius 1 is 1.07 bits per heavy atom. The number of ether oxygens (including phenoxy) is 1. The summed E-state index contributed by atoms with van der Waals surface area (Å²) in [5, 5.41) is 7.26. The highest BCUT2D eigenvalue weighted by Crippen LogP contribution is 2.36. The van der Waals surface area contributed by atoms with Gasteiger partial charge in [-0.25, -0.2) is 0 Å².